The van der Waals surface area contributed by atoms with Crippen molar-refractivity contribution < 1.29 is 4.92 Å². The zero-order chi connectivity index (χ0) is 9.84. The predicted octanol–water partition coefficient (Wildman–Crippen LogP) is 1.57. The Labute approximate surface area is 78.6 Å². The minimum atomic E-state index is -0.465. The number of hydrogen-bond donors (Lipinski definition) is 1. The van der Waals surface area contributed by atoms with Crippen LogP contribution in [0.25, 0.3) is 0 Å². The molecule has 1 atom stereocenters. The number of nitro groups is 1. The zero-order valence-corrected chi connectivity index (χ0v) is 7.45. The molecule has 1 rings (SSSR count). The molecular formula is C7H7N3O2S. The normalized spacial score (nSPS) is 12.0. The predicted molar refractivity (Wildman–Crippen MR) is 48.1 cm³/mol. The van der Waals surface area contributed by atoms with E-state index in [9.17, 15) is 10.1 Å². The number of rotatable bonds is 3. The summed E-state index contributed by atoms with van der Waals surface area (Å²) in [5, 5.41) is 18.7. The molecule has 0 saturated carbocycles. The van der Waals surface area contributed by atoms with E-state index in [1.807, 2.05) is 6.07 Å². The van der Waals surface area contributed by atoms with Crippen molar-refractivity contribution >= 4 is 16.3 Å². The van der Waals surface area contributed by atoms with E-state index in [4.69, 9.17) is 11.0 Å². The summed E-state index contributed by atoms with van der Waals surface area (Å²) in [6.45, 7) is 0. The van der Waals surface area contributed by atoms with Gasteiger partial charge in [0.1, 0.15) is 0 Å². The number of hydrogen-bond acceptors (Lipinski definition) is 5. The summed E-state index contributed by atoms with van der Waals surface area (Å²) in [6, 6.07) is 4.49. The number of nitrogens with zero attached hydrogens (tertiary/aromatic N) is 2. The van der Waals surface area contributed by atoms with Gasteiger partial charge in [0.2, 0.25) is 0 Å². The Morgan fingerprint density at radius 2 is 2.46 bits per heavy atom. The lowest BCUT2D eigenvalue weighted by molar-refractivity contribution is -0.380. The molecule has 1 aromatic rings. The average Bonchev–Trinajstić information content (AvgIpc) is 2.52. The van der Waals surface area contributed by atoms with Crippen LogP contribution in [0.1, 0.15) is 17.3 Å². The molecule has 0 aliphatic carbocycles. The summed E-state index contributed by atoms with van der Waals surface area (Å²) >= 11 is 1.01. The van der Waals surface area contributed by atoms with Gasteiger partial charge in [0.15, 0.2) is 0 Å². The molecule has 0 bridgehead atoms. The molecule has 0 spiro atoms. The van der Waals surface area contributed by atoms with E-state index in [2.05, 4.69) is 0 Å². The maximum atomic E-state index is 10.3. The molecule has 1 aromatic heterocycles. The molecule has 2 N–H and O–H groups in total. The van der Waals surface area contributed by atoms with E-state index < -0.39 is 11.0 Å². The van der Waals surface area contributed by atoms with Gasteiger partial charge in [-0.25, -0.2) is 0 Å². The van der Waals surface area contributed by atoms with Crippen LogP contribution in [0.4, 0.5) is 5.00 Å². The van der Waals surface area contributed by atoms with Crippen molar-refractivity contribution in [3.8, 4) is 6.07 Å². The molecule has 0 fully saturated rings. The third kappa shape index (κ3) is 2.24. The Kier molecular flexibility index (Phi) is 2.95. The summed E-state index contributed by atoms with van der Waals surface area (Å²) in [7, 11) is 0. The summed E-state index contributed by atoms with van der Waals surface area (Å²) in [4.78, 5) is 10.5. The SMILES string of the molecule is N#CC[C@@H](N)c1ccc([N+](=O)[O-])s1. The van der Waals surface area contributed by atoms with Crippen LogP contribution < -0.4 is 5.73 Å². The van der Waals surface area contributed by atoms with Crippen molar-refractivity contribution in [2.24, 2.45) is 5.73 Å². The van der Waals surface area contributed by atoms with Gasteiger partial charge in [-0.3, -0.25) is 10.1 Å². The Morgan fingerprint density at radius 1 is 1.77 bits per heavy atom. The molecule has 0 saturated heterocycles. The van der Waals surface area contributed by atoms with Crippen LogP contribution in [0.2, 0.25) is 0 Å². The fraction of sp³-hybridized carbons (Fsp3) is 0.286. The van der Waals surface area contributed by atoms with E-state index in [0.29, 0.717) is 4.88 Å². The van der Waals surface area contributed by atoms with Crippen LogP contribution >= 0.6 is 11.3 Å². The number of thiophene rings is 1. The monoisotopic (exact) mass is 197 g/mol. The van der Waals surface area contributed by atoms with E-state index in [1.165, 1.54) is 6.07 Å². The standard InChI is InChI=1S/C7H7N3O2S/c8-4-3-5(9)6-1-2-7(13-6)10(11)12/h1-2,5H,3,9H2/t5-/m1/s1. The van der Waals surface area contributed by atoms with Crippen molar-refractivity contribution in [1.82, 2.24) is 0 Å². The van der Waals surface area contributed by atoms with Crippen LogP contribution in [0.15, 0.2) is 12.1 Å². The highest BCUT2D eigenvalue weighted by Gasteiger charge is 2.14. The summed E-state index contributed by atoms with van der Waals surface area (Å²) in [6.07, 6.45) is 0.178. The molecule has 0 unspecified atom stereocenters. The van der Waals surface area contributed by atoms with Gasteiger partial charge in [-0.15, -0.1) is 0 Å². The van der Waals surface area contributed by atoms with Crippen molar-refractivity contribution in [3.05, 3.63) is 27.1 Å². The lowest BCUT2D eigenvalue weighted by Gasteiger charge is -2.00. The first-order valence-corrected chi connectivity index (χ1v) is 4.33. The van der Waals surface area contributed by atoms with Gasteiger partial charge in [0.05, 0.1) is 23.5 Å². The smallest absolute Gasteiger partial charge is 0.322 e. The maximum absolute atomic E-state index is 10.3. The Hall–Kier alpha value is -1.45. The topological polar surface area (TPSA) is 93.0 Å². The minimum Gasteiger partial charge on any atom is -0.322 e. The largest absolute Gasteiger partial charge is 0.324 e. The molecule has 0 aromatic carbocycles. The molecule has 13 heavy (non-hydrogen) atoms. The second-order valence-corrected chi connectivity index (χ2v) is 3.50. The summed E-state index contributed by atoms with van der Waals surface area (Å²) in [5.41, 5.74) is 5.58. The van der Waals surface area contributed by atoms with Crippen molar-refractivity contribution in [2.45, 2.75) is 12.5 Å². The molecule has 0 amide bonds. The highest BCUT2D eigenvalue weighted by Crippen LogP contribution is 2.28. The lowest BCUT2D eigenvalue weighted by atomic mass is 10.2. The van der Waals surface area contributed by atoms with E-state index in [-0.39, 0.29) is 11.4 Å². The second kappa shape index (κ2) is 3.98. The maximum Gasteiger partial charge on any atom is 0.324 e. The van der Waals surface area contributed by atoms with Gasteiger partial charge < -0.3 is 5.73 Å². The molecule has 0 aliphatic heterocycles. The van der Waals surface area contributed by atoms with Gasteiger partial charge in [-0.1, -0.05) is 11.3 Å². The van der Waals surface area contributed by atoms with E-state index >= 15 is 0 Å². The Bertz CT molecular complexity index is 355. The summed E-state index contributed by atoms with van der Waals surface area (Å²) < 4.78 is 0. The van der Waals surface area contributed by atoms with Crippen molar-refractivity contribution in [1.29, 1.82) is 5.26 Å². The molecule has 1 heterocycles. The van der Waals surface area contributed by atoms with Crippen LogP contribution in [-0.4, -0.2) is 4.92 Å². The van der Waals surface area contributed by atoms with Gasteiger partial charge in [-0.2, -0.15) is 5.26 Å². The highest BCUT2D eigenvalue weighted by molar-refractivity contribution is 7.15. The molecule has 0 radical (unpaired) electrons. The third-order valence-corrected chi connectivity index (χ3v) is 2.64. The molecular weight excluding hydrogens is 190 g/mol. The van der Waals surface area contributed by atoms with Crippen LogP contribution in [0, 0.1) is 21.4 Å². The van der Waals surface area contributed by atoms with Crippen molar-refractivity contribution in [2.75, 3.05) is 0 Å². The second-order valence-electron chi connectivity index (χ2n) is 2.40. The van der Waals surface area contributed by atoms with Crippen molar-refractivity contribution in [3.63, 3.8) is 0 Å². The first-order valence-electron chi connectivity index (χ1n) is 3.52. The highest BCUT2D eigenvalue weighted by atomic mass is 32.1. The first kappa shape index (κ1) is 9.64. The Morgan fingerprint density at radius 3 is 2.92 bits per heavy atom. The fourth-order valence-electron chi connectivity index (χ4n) is 0.839. The zero-order valence-electron chi connectivity index (χ0n) is 6.64. The molecule has 68 valence electrons. The number of nitrogens with two attached hydrogens (primary N) is 1. The van der Waals surface area contributed by atoms with E-state index in [1.54, 1.807) is 6.07 Å². The minimum absolute atomic E-state index is 0.0587. The van der Waals surface area contributed by atoms with Gasteiger partial charge >= 0.3 is 5.00 Å². The summed E-state index contributed by atoms with van der Waals surface area (Å²) in [5.74, 6) is 0. The molecule has 5 nitrogen and oxygen atoms in total. The van der Waals surface area contributed by atoms with E-state index in [0.717, 1.165) is 11.3 Å². The first-order chi connectivity index (χ1) is 6.15. The quantitative estimate of drug-likeness (QED) is 0.587. The third-order valence-electron chi connectivity index (χ3n) is 1.47. The van der Waals surface area contributed by atoms with Crippen LogP contribution in [0.3, 0.4) is 0 Å². The number of nitriles is 1. The lowest BCUT2D eigenvalue weighted by Crippen LogP contribution is -2.06. The van der Waals surface area contributed by atoms with Gasteiger partial charge in [-0.05, 0) is 6.07 Å². The van der Waals surface area contributed by atoms with Crippen LogP contribution in [0.5, 0.6) is 0 Å². The van der Waals surface area contributed by atoms with Gasteiger partial charge in [0, 0.05) is 10.9 Å². The molecule has 0 aliphatic rings. The molecule has 6 heteroatoms. The fourth-order valence-corrected chi connectivity index (χ4v) is 1.66. The van der Waals surface area contributed by atoms with Crippen LogP contribution in [-0.2, 0) is 0 Å². The van der Waals surface area contributed by atoms with Gasteiger partial charge in [0.25, 0.3) is 0 Å². The Balaban J connectivity index is 2.80. The average molecular weight is 197 g/mol.